The van der Waals surface area contributed by atoms with E-state index in [0.717, 1.165) is 32.8 Å². The second-order valence-electron chi connectivity index (χ2n) is 2.53. The molecule has 1 aliphatic heterocycles. The van der Waals surface area contributed by atoms with Crippen molar-refractivity contribution in [1.82, 2.24) is 10.6 Å². The average molecular weight is 144 g/mol. The van der Waals surface area contributed by atoms with Crippen LogP contribution in [0.15, 0.2) is 0 Å². The number of likely N-dealkylation sites (N-methyl/N-ethyl adjacent to an activating group) is 1. The first-order chi connectivity index (χ1) is 4.93. The Morgan fingerprint density at radius 2 is 2.60 bits per heavy atom. The van der Waals surface area contributed by atoms with Gasteiger partial charge in [-0.25, -0.2) is 0 Å². The molecule has 0 bridgehead atoms. The van der Waals surface area contributed by atoms with Gasteiger partial charge in [-0.3, -0.25) is 0 Å². The lowest BCUT2D eigenvalue weighted by molar-refractivity contribution is 0.134. The first-order valence-corrected chi connectivity index (χ1v) is 3.95. The van der Waals surface area contributed by atoms with Crippen LogP contribution in [-0.4, -0.2) is 38.9 Å². The van der Waals surface area contributed by atoms with E-state index in [9.17, 15) is 0 Å². The van der Waals surface area contributed by atoms with Gasteiger partial charge < -0.3 is 15.4 Å². The highest BCUT2D eigenvalue weighted by molar-refractivity contribution is 4.70. The van der Waals surface area contributed by atoms with Gasteiger partial charge in [-0.1, -0.05) is 6.92 Å². The zero-order chi connectivity index (χ0) is 7.23. The van der Waals surface area contributed by atoms with Gasteiger partial charge in [0.1, 0.15) is 0 Å². The molecule has 3 nitrogen and oxygen atoms in total. The Morgan fingerprint density at radius 1 is 1.70 bits per heavy atom. The second-order valence-corrected chi connectivity index (χ2v) is 2.53. The zero-order valence-electron chi connectivity index (χ0n) is 6.52. The lowest BCUT2D eigenvalue weighted by Gasteiger charge is -2.13. The molecule has 3 heteroatoms. The topological polar surface area (TPSA) is 33.3 Å². The van der Waals surface area contributed by atoms with Gasteiger partial charge in [0.2, 0.25) is 0 Å². The third kappa shape index (κ3) is 2.64. The molecule has 1 aliphatic rings. The van der Waals surface area contributed by atoms with E-state index in [0.29, 0.717) is 6.04 Å². The number of hydrogen-bond donors (Lipinski definition) is 2. The molecule has 0 aromatic rings. The first kappa shape index (κ1) is 7.98. The lowest BCUT2D eigenvalue weighted by Crippen LogP contribution is -2.39. The molecule has 10 heavy (non-hydrogen) atoms. The van der Waals surface area contributed by atoms with Crippen molar-refractivity contribution in [3.05, 3.63) is 0 Å². The fourth-order valence-corrected chi connectivity index (χ4v) is 1.12. The molecular formula is C7H16N2O. The van der Waals surface area contributed by atoms with Gasteiger partial charge in [-0.15, -0.1) is 0 Å². The quantitative estimate of drug-likeness (QED) is 0.552. The standard InChI is InChI=1S/C7H16N2O/c1-2-9-7-5-8-3-4-10-6-7/h7-9H,2-6H2,1H3. The van der Waals surface area contributed by atoms with Crippen molar-refractivity contribution in [3.63, 3.8) is 0 Å². The number of rotatable bonds is 2. The number of hydrogen-bond acceptors (Lipinski definition) is 3. The fraction of sp³-hybridized carbons (Fsp3) is 1.00. The Balaban J connectivity index is 2.15. The molecule has 2 N–H and O–H groups in total. The molecule has 0 amide bonds. The average Bonchev–Trinajstić information content (AvgIpc) is 2.17. The third-order valence-electron chi connectivity index (χ3n) is 1.63. The first-order valence-electron chi connectivity index (χ1n) is 3.95. The maximum atomic E-state index is 5.33. The highest BCUT2D eigenvalue weighted by Crippen LogP contribution is 1.88. The summed E-state index contributed by atoms with van der Waals surface area (Å²) in [6.07, 6.45) is 0. The minimum atomic E-state index is 0.507. The van der Waals surface area contributed by atoms with E-state index in [1.54, 1.807) is 0 Å². The summed E-state index contributed by atoms with van der Waals surface area (Å²) in [6, 6.07) is 0.507. The van der Waals surface area contributed by atoms with Gasteiger partial charge >= 0.3 is 0 Å². The molecule has 1 saturated heterocycles. The van der Waals surface area contributed by atoms with Gasteiger partial charge in [-0.05, 0) is 6.54 Å². The molecule has 0 spiro atoms. The van der Waals surface area contributed by atoms with Crippen molar-refractivity contribution in [1.29, 1.82) is 0 Å². The van der Waals surface area contributed by atoms with Gasteiger partial charge in [0.25, 0.3) is 0 Å². The van der Waals surface area contributed by atoms with E-state index in [1.165, 1.54) is 0 Å². The Morgan fingerprint density at radius 3 is 3.40 bits per heavy atom. The molecule has 0 aromatic heterocycles. The lowest BCUT2D eigenvalue weighted by atomic mass is 10.3. The van der Waals surface area contributed by atoms with E-state index < -0.39 is 0 Å². The van der Waals surface area contributed by atoms with Gasteiger partial charge in [0.05, 0.1) is 13.2 Å². The van der Waals surface area contributed by atoms with Gasteiger partial charge in [-0.2, -0.15) is 0 Å². The molecule has 1 atom stereocenters. The van der Waals surface area contributed by atoms with Crippen molar-refractivity contribution < 1.29 is 4.74 Å². The predicted octanol–water partition coefficient (Wildman–Crippen LogP) is -0.416. The minimum Gasteiger partial charge on any atom is -0.378 e. The second kappa shape index (κ2) is 4.66. The van der Waals surface area contributed by atoms with Crippen LogP contribution in [0.4, 0.5) is 0 Å². The summed E-state index contributed by atoms with van der Waals surface area (Å²) >= 11 is 0. The fourth-order valence-electron chi connectivity index (χ4n) is 1.12. The van der Waals surface area contributed by atoms with Crippen LogP contribution in [0, 0.1) is 0 Å². The van der Waals surface area contributed by atoms with Gasteiger partial charge in [0, 0.05) is 19.1 Å². The minimum absolute atomic E-state index is 0.507. The van der Waals surface area contributed by atoms with Crippen LogP contribution in [0.25, 0.3) is 0 Å². The van der Waals surface area contributed by atoms with E-state index in [4.69, 9.17) is 4.74 Å². The molecule has 0 radical (unpaired) electrons. The molecular weight excluding hydrogens is 128 g/mol. The largest absolute Gasteiger partial charge is 0.378 e. The van der Waals surface area contributed by atoms with Crippen molar-refractivity contribution in [2.75, 3.05) is 32.8 Å². The highest BCUT2D eigenvalue weighted by Gasteiger charge is 2.09. The van der Waals surface area contributed by atoms with Crippen molar-refractivity contribution >= 4 is 0 Å². The summed E-state index contributed by atoms with van der Waals surface area (Å²) in [4.78, 5) is 0. The molecule has 0 saturated carbocycles. The summed E-state index contributed by atoms with van der Waals surface area (Å²) in [5.41, 5.74) is 0. The van der Waals surface area contributed by atoms with Crippen LogP contribution < -0.4 is 10.6 Å². The van der Waals surface area contributed by atoms with Crippen molar-refractivity contribution in [2.24, 2.45) is 0 Å². The molecule has 1 fully saturated rings. The van der Waals surface area contributed by atoms with Crippen LogP contribution in [0.3, 0.4) is 0 Å². The predicted molar refractivity (Wildman–Crippen MR) is 41.2 cm³/mol. The summed E-state index contributed by atoms with van der Waals surface area (Å²) < 4.78 is 5.33. The number of nitrogens with one attached hydrogen (secondary N) is 2. The number of ether oxygens (including phenoxy) is 1. The summed E-state index contributed by atoms with van der Waals surface area (Å²) in [7, 11) is 0. The van der Waals surface area contributed by atoms with Crippen molar-refractivity contribution in [2.45, 2.75) is 13.0 Å². The maximum absolute atomic E-state index is 5.33. The summed E-state index contributed by atoms with van der Waals surface area (Å²) in [5, 5.41) is 6.63. The zero-order valence-corrected chi connectivity index (χ0v) is 6.52. The smallest absolute Gasteiger partial charge is 0.0632 e. The molecule has 1 rings (SSSR count). The van der Waals surface area contributed by atoms with Crippen LogP contribution in [0.5, 0.6) is 0 Å². The Hall–Kier alpha value is -0.120. The Labute approximate surface area is 62.1 Å². The van der Waals surface area contributed by atoms with Crippen LogP contribution in [0.1, 0.15) is 6.92 Å². The summed E-state index contributed by atoms with van der Waals surface area (Å²) in [5.74, 6) is 0. The highest BCUT2D eigenvalue weighted by atomic mass is 16.5. The molecule has 1 unspecified atom stereocenters. The Bertz CT molecular complexity index is 79.7. The third-order valence-corrected chi connectivity index (χ3v) is 1.63. The SMILES string of the molecule is CCNC1CNCCOC1. The monoisotopic (exact) mass is 144 g/mol. The van der Waals surface area contributed by atoms with E-state index in [1.807, 2.05) is 0 Å². The molecule has 0 aromatic carbocycles. The maximum Gasteiger partial charge on any atom is 0.0632 e. The van der Waals surface area contributed by atoms with Crippen LogP contribution >= 0.6 is 0 Å². The van der Waals surface area contributed by atoms with Crippen LogP contribution in [0.2, 0.25) is 0 Å². The normalized spacial score (nSPS) is 27.9. The van der Waals surface area contributed by atoms with Gasteiger partial charge in [0.15, 0.2) is 0 Å². The summed E-state index contributed by atoms with van der Waals surface area (Å²) in [6.45, 7) is 6.86. The van der Waals surface area contributed by atoms with E-state index in [-0.39, 0.29) is 0 Å². The van der Waals surface area contributed by atoms with E-state index >= 15 is 0 Å². The van der Waals surface area contributed by atoms with Crippen LogP contribution in [-0.2, 0) is 4.74 Å². The molecule has 60 valence electrons. The van der Waals surface area contributed by atoms with Crippen molar-refractivity contribution in [3.8, 4) is 0 Å². The molecule has 1 heterocycles. The van der Waals surface area contributed by atoms with E-state index in [2.05, 4.69) is 17.6 Å². The Kier molecular flexibility index (Phi) is 3.72. The molecule has 0 aliphatic carbocycles.